The van der Waals surface area contributed by atoms with Crippen molar-refractivity contribution in [2.75, 3.05) is 13.2 Å². The summed E-state index contributed by atoms with van der Waals surface area (Å²) in [4.78, 5) is 12.5. The zero-order valence-electron chi connectivity index (χ0n) is 18.6. The first kappa shape index (κ1) is 23.9. The van der Waals surface area contributed by atoms with E-state index in [1.54, 1.807) is 12.1 Å². The molecule has 2 aromatic carbocycles. The molecule has 164 valence electrons. The van der Waals surface area contributed by atoms with Gasteiger partial charge in [0.1, 0.15) is 5.75 Å². The Morgan fingerprint density at radius 2 is 1.57 bits per heavy atom. The highest BCUT2D eigenvalue weighted by molar-refractivity contribution is 7.89. The molecule has 30 heavy (non-hydrogen) atoms. The van der Waals surface area contributed by atoms with Gasteiger partial charge in [0.25, 0.3) is 5.91 Å². The number of hydrogen-bond donors (Lipinski definition) is 2. The van der Waals surface area contributed by atoms with E-state index in [4.69, 9.17) is 4.74 Å². The van der Waals surface area contributed by atoms with Crippen molar-refractivity contribution in [3.63, 3.8) is 0 Å². The lowest BCUT2D eigenvalue weighted by Gasteiger charge is -2.18. The monoisotopic (exact) mass is 432 g/mol. The standard InChI is InChI=1S/C23H32N2O4S/c1-15(2)13-24-30(27,28)21-9-7-20(8-10-21)29-14-23(26)25-19(6)22-12-17(4)16(3)11-18(22)5/h7-12,15,19,24H,13-14H2,1-6H3,(H,25,26). The molecule has 0 aliphatic carbocycles. The van der Waals surface area contributed by atoms with Gasteiger partial charge in [-0.15, -0.1) is 0 Å². The van der Waals surface area contributed by atoms with E-state index in [-0.39, 0.29) is 29.4 Å². The molecule has 2 aromatic rings. The number of aryl methyl sites for hydroxylation is 3. The summed E-state index contributed by atoms with van der Waals surface area (Å²) in [5, 5.41) is 2.95. The first-order chi connectivity index (χ1) is 14.0. The van der Waals surface area contributed by atoms with Crippen molar-refractivity contribution in [2.24, 2.45) is 5.92 Å². The molecule has 1 atom stereocenters. The van der Waals surface area contributed by atoms with Crippen molar-refractivity contribution in [3.8, 4) is 5.75 Å². The number of benzene rings is 2. The average molecular weight is 433 g/mol. The van der Waals surface area contributed by atoms with Crippen LogP contribution in [-0.4, -0.2) is 27.5 Å². The third kappa shape index (κ3) is 6.57. The maximum absolute atomic E-state index is 12.3. The van der Waals surface area contributed by atoms with Crippen molar-refractivity contribution in [1.82, 2.24) is 10.0 Å². The minimum atomic E-state index is -3.55. The minimum absolute atomic E-state index is 0.139. The summed E-state index contributed by atoms with van der Waals surface area (Å²) < 4.78 is 32.5. The Morgan fingerprint density at radius 1 is 0.967 bits per heavy atom. The fraction of sp³-hybridized carbons (Fsp3) is 0.435. The van der Waals surface area contributed by atoms with E-state index in [9.17, 15) is 13.2 Å². The van der Waals surface area contributed by atoms with Crippen LogP contribution >= 0.6 is 0 Å². The molecule has 0 aromatic heterocycles. The van der Waals surface area contributed by atoms with Crippen LogP contribution in [0.4, 0.5) is 0 Å². The molecule has 0 saturated carbocycles. The van der Waals surface area contributed by atoms with E-state index < -0.39 is 10.0 Å². The molecular formula is C23H32N2O4S. The fourth-order valence-corrected chi connectivity index (χ4v) is 4.25. The van der Waals surface area contributed by atoms with Crippen molar-refractivity contribution in [2.45, 2.75) is 52.5 Å². The highest BCUT2D eigenvalue weighted by Crippen LogP contribution is 2.22. The number of carbonyl (C=O) groups is 1. The molecule has 0 radical (unpaired) electrons. The molecule has 2 rings (SSSR count). The summed E-state index contributed by atoms with van der Waals surface area (Å²) in [5.74, 6) is 0.411. The maximum Gasteiger partial charge on any atom is 0.258 e. The first-order valence-corrected chi connectivity index (χ1v) is 11.6. The average Bonchev–Trinajstić information content (AvgIpc) is 2.68. The molecule has 0 spiro atoms. The third-order valence-corrected chi connectivity index (χ3v) is 6.35. The lowest BCUT2D eigenvalue weighted by molar-refractivity contribution is -0.123. The largest absolute Gasteiger partial charge is 0.484 e. The highest BCUT2D eigenvalue weighted by atomic mass is 32.2. The van der Waals surface area contributed by atoms with E-state index >= 15 is 0 Å². The molecular weight excluding hydrogens is 400 g/mol. The fourth-order valence-electron chi connectivity index (χ4n) is 3.03. The Bertz CT molecular complexity index is 983. The van der Waals surface area contributed by atoms with Gasteiger partial charge in [0.05, 0.1) is 10.9 Å². The summed E-state index contributed by atoms with van der Waals surface area (Å²) in [6, 6.07) is 10.1. The number of nitrogens with one attached hydrogen (secondary N) is 2. The Balaban J connectivity index is 1.93. The zero-order valence-corrected chi connectivity index (χ0v) is 19.4. The molecule has 7 heteroatoms. The number of rotatable bonds is 9. The molecule has 0 heterocycles. The second-order valence-electron chi connectivity index (χ2n) is 8.09. The second-order valence-corrected chi connectivity index (χ2v) is 9.86. The number of amides is 1. The molecule has 1 unspecified atom stereocenters. The molecule has 2 N–H and O–H groups in total. The Kier molecular flexibility index (Phi) is 8.03. The number of sulfonamides is 1. The van der Waals surface area contributed by atoms with Crippen LogP contribution in [0.2, 0.25) is 0 Å². The molecule has 1 amide bonds. The number of hydrogen-bond acceptors (Lipinski definition) is 4. The van der Waals surface area contributed by atoms with Gasteiger partial charge >= 0.3 is 0 Å². The summed E-state index contributed by atoms with van der Waals surface area (Å²) in [6.07, 6.45) is 0. The topological polar surface area (TPSA) is 84.5 Å². The molecule has 0 fully saturated rings. The van der Waals surface area contributed by atoms with E-state index in [2.05, 4.69) is 36.0 Å². The highest BCUT2D eigenvalue weighted by Gasteiger charge is 2.15. The summed E-state index contributed by atoms with van der Waals surface area (Å²) in [5.41, 5.74) is 4.62. The van der Waals surface area contributed by atoms with Gasteiger partial charge in [-0.2, -0.15) is 0 Å². The third-order valence-electron chi connectivity index (χ3n) is 4.91. The van der Waals surface area contributed by atoms with E-state index in [1.807, 2.05) is 27.7 Å². The SMILES string of the molecule is Cc1cc(C)c(C(C)NC(=O)COc2ccc(S(=O)(=O)NCC(C)C)cc2)cc1C. The summed E-state index contributed by atoms with van der Waals surface area (Å²) in [7, 11) is -3.55. The van der Waals surface area contributed by atoms with Crippen LogP contribution in [-0.2, 0) is 14.8 Å². The predicted molar refractivity (Wildman–Crippen MR) is 119 cm³/mol. The molecule has 0 aliphatic rings. The summed E-state index contributed by atoms with van der Waals surface area (Å²) in [6.45, 7) is 12.2. The predicted octanol–water partition coefficient (Wildman–Crippen LogP) is 3.80. The minimum Gasteiger partial charge on any atom is -0.484 e. The Hall–Kier alpha value is -2.38. The van der Waals surface area contributed by atoms with Crippen LogP contribution in [0.15, 0.2) is 41.3 Å². The van der Waals surface area contributed by atoms with Crippen molar-refractivity contribution < 1.29 is 17.9 Å². The van der Waals surface area contributed by atoms with Gasteiger partial charge in [0.2, 0.25) is 10.0 Å². The Morgan fingerprint density at radius 3 is 2.17 bits per heavy atom. The molecule has 0 aliphatic heterocycles. The van der Waals surface area contributed by atoms with Gasteiger partial charge in [0.15, 0.2) is 6.61 Å². The van der Waals surface area contributed by atoms with Crippen LogP contribution in [0, 0.1) is 26.7 Å². The van der Waals surface area contributed by atoms with E-state index in [1.165, 1.54) is 23.3 Å². The van der Waals surface area contributed by atoms with Crippen LogP contribution in [0.25, 0.3) is 0 Å². The van der Waals surface area contributed by atoms with Gasteiger partial charge < -0.3 is 10.1 Å². The quantitative estimate of drug-likeness (QED) is 0.631. The van der Waals surface area contributed by atoms with Gasteiger partial charge in [0, 0.05) is 6.54 Å². The van der Waals surface area contributed by atoms with Crippen molar-refractivity contribution in [3.05, 3.63) is 58.7 Å². The number of carbonyl (C=O) groups excluding carboxylic acids is 1. The van der Waals surface area contributed by atoms with Gasteiger partial charge in [-0.25, -0.2) is 13.1 Å². The molecule has 0 saturated heterocycles. The van der Waals surface area contributed by atoms with Crippen LogP contribution in [0.5, 0.6) is 5.75 Å². The van der Waals surface area contributed by atoms with Crippen LogP contribution in [0.3, 0.4) is 0 Å². The van der Waals surface area contributed by atoms with Gasteiger partial charge in [-0.05, 0) is 80.1 Å². The van der Waals surface area contributed by atoms with Crippen LogP contribution < -0.4 is 14.8 Å². The lowest BCUT2D eigenvalue weighted by atomic mass is 9.96. The Labute approximate surface area is 180 Å². The van der Waals surface area contributed by atoms with E-state index in [0.717, 1.165) is 11.1 Å². The smallest absolute Gasteiger partial charge is 0.258 e. The van der Waals surface area contributed by atoms with Gasteiger partial charge in [-0.1, -0.05) is 26.0 Å². The van der Waals surface area contributed by atoms with E-state index in [0.29, 0.717) is 12.3 Å². The van der Waals surface area contributed by atoms with Crippen LogP contribution in [0.1, 0.15) is 49.1 Å². The lowest BCUT2D eigenvalue weighted by Crippen LogP contribution is -2.31. The molecule has 6 nitrogen and oxygen atoms in total. The summed E-state index contributed by atoms with van der Waals surface area (Å²) >= 11 is 0. The number of ether oxygens (including phenoxy) is 1. The van der Waals surface area contributed by atoms with Crippen molar-refractivity contribution in [1.29, 1.82) is 0 Å². The molecule has 0 bridgehead atoms. The normalized spacial score (nSPS) is 12.6. The van der Waals surface area contributed by atoms with Gasteiger partial charge in [-0.3, -0.25) is 4.79 Å². The first-order valence-electron chi connectivity index (χ1n) is 10.1. The zero-order chi connectivity index (χ0) is 22.5. The maximum atomic E-state index is 12.3. The van der Waals surface area contributed by atoms with Crippen molar-refractivity contribution >= 4 is 15.9 Å². The second kappa shape index (κ2) is 10.1.